The number of carbonyl (C=O) groups is 3. The third kappa shape index (κ3) is 2.62. The molecule has 0 spiro atoms. The van der Waals surface area contributed by atoms with Crippen LogP contribution in [0.3, 0.4) is 0 Å². The Morgan fingerprint density at radius 2 is 1.96 bits per heavy atom. The number of thioether (sulfide) groups is 1. The number of para-hydroxylation sites is 1. The van der Waals surface area contributed by atoms with E-state index in [1.165, 1.54) is 23.8 Å². The minimum absolute atomic E-state index is 0.315. The van der Waals surface area contributed by atoms with Crippen molar-refractivity contribution in [2.45, 2.75) is 19.4 Å². The Bertz CT molecular complexity index is 704. The van der Waals surface area contributed by atoms with Gasteiger partial charge in [0, 0.05) is 0 Å². The lowest BCUT2D eigenvalue weighted by Crippen LogP contribution is -2.36. The summed E-state index contributed by atoms with van der Waals surface area (Å²) in [6.07, 6.45) is 0.911. The van der Waals surface area contributed by atoms with Gasteiger partial charge in [-0.05, 0) is 24.3 Å². The molecule has 2 aliphatic heterocycles. The molecule has 7 heteroatoms. The van der Waals surface area contributed by atoms with Crippen LogP contribution >= 0.6 is 11.8 Å². The van der Waals surface area contributed by atoms with Gasteiger partial charge in [0.1, 0.15) is 5.92 Å². The van der Waals surface area contributed by atoms with Crippen molar-refractivity contribution >= 4 is 40.3 Å². The number of methoxy groups -OCH3 is 1. The van der Waals surface area contributed by atoms with Crippen molar-refractivity contribution in [3.63, 3.8) is 0 Å². The molecule has 6 nitrogen and oxygen atoms in total. The number of hydrogen-bond acceptors (Lipinski definition) is 6. The molecule has 1 fully saturated rings. The van der Waals surface area contributed by atoms with E-state index in [1.807, 2.05) is 13.0 Å². The quantitative estimate of drug-likeness (QED) is 0.615. The number of fused-ring (bicyclic) bond motifs is 1. The Balaban J connectivity index is 1.98. The third-order valence-electron chi connectivity index (χ3n) is 4.13. The number of nitrogens with zero attached hydrogens (tertiary/aromatic N) is 2. The molecule has 3 atom stereocenters. The maximum absolute atomic E-state index is 12.9. The Morgan fingerprint density at radius 1 is 1.25 bits per heavy atom. The number of anilines is 1. The van der Waals surface area contributed by atoms with Crippen LogP contribution in [0.4, 0.5) is 5.69 Å². The zero-order valence-electron chi connectivity index (χ0n) is 13.5. The first-order valence-corrected chi connectivity index (χ1v) is 8.79. The molecule has 1 aromatic rings. The molecule has 0 aromatic heterocycles. The van der Waals surface area contributed by atoms with Crippen molar-refractivity contribution in [3.05, 3.63) is 30.3 Å². The summed E-state index contributed by atoms with van der Waals surface area (Å²) in [5.74, 6) is -1.98. The average molecular weight is 346 g/mol. The van der Waals surface area contributed by atoms with E-state index >= 15 is 0 Å². The number of amides is 2. The van der Waals surface area contributed by atoms with Gasteiger partial charge < -0.3 is 4.74 Å². The van der Waals surface area contributed by atoms with Gasteiger partial charge in [0.15, 0.2) is 6.04 Å². The van der Waals surface area contributed by atoms with Crippen molar-refractivity contribution in [2.75, 3.05) is 17.8 Å². The molecule has 0 bridgehead atoms. The first-order chi connectivity index (χ1) is 11.6. The molecule has 24 heavy (non-hydrogen) atoms. The molecule has 2 amide bonds. The number of rotatable bonds is 4. The molecule has 0 radical (unpaired) electrons. The highest BCUT2D eigenvalue weighted by Gasteiger charge is 2.59. The summed E-state index contributed by atoms with van der Waals surface area (Å²) >= 11 is 1.44. The third-order valence-corrected chi connectivity index (χ3v) is 5.40. The van der Waals surface area contributed by atoms with Crippen LogP contribution in [0, 0.1) is 11.8 Å². The second-order valence-electron chi connectivity index (χ2n) is 5.63. The van der Waals surface area contributed by atoms with Gasteiger partial charge in [0.05, 0.1) is 23.8 Å². The fraction of sp³-hybridized carbons (Fsp3) is 0.412. The van der Waals surface area contributed by atoms with E-state index in [2.05, 4.69) is 4.99 Å². The Hall–Kier alpha value is -2.15. The van der Waals surface area contributed by atoms with Crippen molar-refractivity contribution < 1.29 is 19.1 Å². The van der Waals surface area contributed by atoms with Gasteiger partial charge in [-0.25, -0.2) is 9.69 Å². The molecule has 0 aliphatic carbocycles. The molecule has 0 N–H and O–H groups in total. The van der Waals surface area contributed by atoms with Gasteiger partial charge >= 0.3 is 5.97 Å². The number of carbonyl (C=O) groups excluding carboxylic acids is 3. The monoisotopic (exact) mass is 346 g/mol. The van der Waals surface area contributed by atoms with Crippen LogP contribution in [-0.2, 0) is 19.1 Å². The van der Waals surface area contributed by atoms with Crippen LogP contribution in [0.2, 0.25) is 0 Å². The largest absolute Gasteiger partial charge is 0.467 e. The molecule has 0 saturated carbocycles. The van der Waals surface area contributed by atoms with E-state index in [1.54, 1.807) is 24.3 Å². The number of aliphatic imine (C=N–C) groups is 1. The van der Waals surface area contributed by atoms with E-state index < -0.39 is 23.8 Å². The molecule has 0 unspecified atom stereocenters. The summed E-state index contributed by atoms with van der Waals surface area (Å²) in [7, 11) is 1.26. The smallest absolute Gasteiger partial charge is 0.331 e. The summed E-state index contributed by atoms with van der Waals surface area (Å²) in [6.45, 7) is 2.02. The average Bonchev–Trinajstić information content (AvgIpc) is 3.10. The molecule has 1 aromatic carbocycles. The molecule has 2 heterocycles. The highest BCUT2D eigenvalue weighted by Crippen LogP contribution is 2.42. The lowest BCUT2D eigenvalue weighted by atomic mass is 9.92. The topological polar surface area (TPSA) is 76.0 Å². The van der Waals surface area contributed by atoms with Gasteiger partial charge in [-0.2, -0.15) is 0 Å². The number of ether oxygens (including phenoxy) is 1. The molecule has 1 saturated heterocycles. The Morgan fingerprint density at radius 3 is 2.58 bits per heavy atom. The van der Waals surface area contributed by atoms with Crippen LogP contribution in [-0.4, -0.2) is 41.7 Å². The zero-order chi connectivity index (χ0) is 17.3. The first-order valence-electron chi connectivity index (χ1n) is 7.81. The van der Waals surface area contributed by atoms with Crippen LogP contribution in [0.5, 0.6) is 0 Å². The molecular weight excluding hydrogens is 328 g/mol. The van der Waals surface area contributed by atoms with Crippen LogP contribution in [0.25, 0.3) is 0 Å². The van der Waals surface area contributed by atoms with Crippen molar-refractivity contribution in [3.8, 4) is 0 Å². The van der Waals surface area contributed by atoms with Gasteiger partial charge in [-0.3, -0.25) is 14.6 Å². The molecule has 126 valence electrons. The number of benzene rings is 1. The Labute approximate surface area is 144 Å². The summed E-state index contributed by atoms with van der Waals surface area (Å²) in [6, 6.07) is 7.83. The predicted molar refractivity (Wildman–Crippen MR) is 91.9 cm³/mol. The van der Waals surface area contributed by atoms with E-state index in [-0.39, 0.29) is 11.8 Å². The highest BCUT2D eigenvalue weighted by molar-refractivity contribution is 8.14. The zero-order valence-corrected chi connectivity index (χ0v) is 14.3. The van der Waals surface area contributed by atoms with E-state index in [0.29, 0.717) is 10.7 Å². The highest BCUT2D eigenvalue weighted by atomic mass is 32.2. The minimum Gasteiger partial charge on any atom is -0.467 e. The van der Waals surface area contributed by atoms with Gasteiger partial charge in [-0.1, -0.05) is 25.1 Å². The fourth-order valence-electron chi connectivity index (χ4n) is 3.05. The van der Waals surface area contributed by atoms with Crippen LogP contribution in [0.1, 0.15) is 13.3 Å². The number of hydrogen-bond donors (Lipinski definition) is 0. The molecule has 2 aliphatic rings. The minimum atomic E-state index is -0.940. The number of imide groups is 1. The Kier molecular flexibility index (Phi) is 4.71. The predicted octanol–water partition coefficient (Wildman–Crippen LogP) is 1.89. The van der Waals surface area contributed by atoms with Gasteiger partial charge in [-0.15, -0.1) is 11.8 Å². The molecule has 3 rings (SSSR count). The second-order valence-corrected chi connectivity index (χ2v) is 6.75. The summed E-state index contributed by atoms with van der Waals surface area (Å²) < 4.78 is 4.78. The lowest BCUT2D eigenvalue weighted by molar-refractivity contribution is -0.145. The first kappa shape index (κ1) is 16.7. The maximum Gasteiger partial charge on any atom is 0.331 e. The van der Waals surface area contributed by atoms with E-state index in [9.17, 15) is 14.4 Å². The van der Waals surface area contributed by atoms with Gasteiger partial charge in [0.2, 0.25) is 11.8 Å². The van der Waals surface area contributed by atoms with Crippen LogP contribution in [0.15, 0.2) is 35.3 Å². The van der Waals surface area contributed by atoms with Gasteiger partial charge in [0.25, 0.3) is 0 Å². The summed E-state index contributed by atoms with van der Waals surface area (Å²) in [5.41, 5.74) is 0.519. The van der Waals surface area contributed by atoms with E-state index in [0.717, 1.165) is 12.2 Å². The van der Waals surface area contributed by atoms with Crippen molar-refractivity contribution in [1.82, 2.24) is 0 Å². The fourth-order valence-corrected chi connectivity index (χ4v) is 4.08. The van der Waals surface area contributed by atoms with E-state index in [4.69, 9.17) is 4.74 Å². The molecular formula is C17H18N2O4S. The standard InChI is InChI=1S/C17H18N2O4S/c1-3-9-24-14-12-11(13(18-14)17(22)23-2)15(20)19(16(12)21)10-7-5-4-6-8-10/h4-8,11-13H,3,9H2,1-2H3/t11-,12+,13+/m1/s1. The van der Waals surface area contributed by atoms with Crippen molar-refractivity contribution in [2.24, 2.45) is 16.8 Å². The second kappa shape index (κ2) is 6.76. The van der Waals surface area contributed by atoms with Crippen molar-refractivity contribution in [1.29, 1.82) is 0 Å². The normalized spacial score (nSPS) is 25.7. The number of esters is 1. The maximum atomic E-state index is 12.9. The SMILES string of the molecule is CCCSC1=N[C@H](C(=O)OC)[C@@H]2C(=O)N(c3ccccc3)C(=O)[C@H]12. The summed E-state index contributed by atoms with van der Waals surface area (Å²) in [5, 5.41) is 0.564. The van der Waals surface area contributed by atoms with Crippen LogP contribution < -0.4 is 4.90 Å². The lowest BCUT2D eigenvalue weighted by Gasteiger charge is -2.17. The summed E-state index contributed by atoms with van der Waals surface area (Å²) in [4.78, 5) is 43.3.